The van der Waals surface area contributed by atoms with E-state index in [4.69, 9.17) is 0 Å². The molecule has 3 heterocycles. The van der Waals surface area contributed by atoms with Gasteiger partial charge in [0.15, 0.2) is 11.2 Å². The van der Waals surface area contributed by atoms with Crippen LogP contribution in [-0.2, 0) is 26.8 Å². The molecule has 31 heavy (non-hydrogen) atoms. The average Bonchev–Trinajstić information content (AvgIpc) is 3.12. The summed E-state index contributed by atoms with van der Waals surface area (Å²) in [6.45, 7) is 1.05. The van der Waals surface area contributed by atoms with Gasteiger partial charge in [-0.15, -0.1) is 0 Å². The maximum absolute atomic E-state index is 13.1. The van der Waals surface area contributed by atoms with E-state index in [-0.39, 0.29) is 34.6 Å². The van der Waals surface area contributed by atoms with Gasteiger partial charge in [-0.25, -0.2) is 9.20 Å². The third-order valence-corrected chi connectivity index (χ3v) is 5.19. The first-order valence-electron chi connectivity index (χ1n) is 9.00. The molecule has 4 rings (SSSR count). The Morgan fingerprint density at radius 3 is 2.39 bits per heavy atom. The van der Waals surface area contributed by atoms with E-state index in [1.807, 2.05) is 0 Å². The molecule has 1 N–H and O–H groups in total. The van der Waals surface area contributed by atoms with Crippen molar-refractivity contribution in [1.82, 2.24) is 23.1 Å². The van der Waals surface area contributed by atoms with Crippen LogP contribution in [0.2, 0.25) is 0 Å². The van der Waals surface area contributed by atoms with Crippen LogP contribution in [0.1, 0.15) is 16.7 Å². The number of hydrogen-bond donors (Lipinski definition) is 1. The molecule has 12 heteroatoms. The first kappa shape index (κ1) is 20.4. The molecule has 4 aromatic rings. The third kappa shape index (κ3) is 2.94. The number of aryl methyl sites for hydroxylation is 1. The van der Waals surface area contributed by atoms with E-state index in [1.54, 1.807) is 0 Å². The zero-order valence-electron chi connectivity index (χ0n) is 16.6. The predicted octanol–water partition coefficient (Wildman–Crippen LogP) is 1.13. The fourth-order valence-corrected chi connectivity index (χ4v) is 3.49. The van der Waals surface area contributed by atoms with Crippen molar-refractivity contribution in [3.63, 3.8) is 0 Å². The Morgan fingerprint density at radius 1 is 1.06 bits per heavy atom. The summed E-state index contributed by atoms with van der Waals surface area (Å²) in [6, 6.07) is 4.49. The summed E-state index contributed by atoms with van der Waals surface area (Å²) in [7, 11) is 2.61. The van der Waals surface area contributed by atoms with E-state index in [9.17, 15) is 32.7 Å². The van der Waals surface area contributed by atoms with Crippen molar-refractivity contribution in [2.75, 3.05) is 0 Å². The molecule has 3 aromatic heterocycles. The highest BCUT2D eigenvalue weighted by Gasteiger charge is 2.30. The molecule has 0 unspecified atom stereocenters. The van der Waals surface area contributed by atoms with E-state index in [1.165, 1.54) is 33.2 Å². The number of rotatable bonds is 2. The number of benzene rings is 1. The minimum Gasteiger partial charge on any atom is -0.494 e. The van der Waals surface area contributed by atoms with Gasteiger partial charge in [-0.3, -0.25) is 23.3 Å². The number of aromatic hydroxyl groups is 1. The van der Waals surface area contributed by atoms with Gasteiger partial charge in [-0.05, 0) is 24.6 Å². The largest absolute Gasteiger partial charge is 0.494 e. The molecule has 162 valence electrons. The lowest BCUT2D eigenvalue weighted by Crippen LogP contribution is -2.38. The molecule has 9 nitrogen and oxygen atoms in total. The molecule has 0 saturated carbocycles. The van der Waals surface area contributed by atoms with Crippen LogP contribution in [0.5, 0.6) is 5.88 Å². The van der Waals surface area contributed by atoms with Crippen molar-refractivity contribution < 1.29 is 18.3 Å². The van der Waals surface area contributed by atoms with Crippen molar-refractivity contribution in [3.8, 4) is 5.88 Å². The van der Waals surface area contributed by atoms with Crippen LogP contribution in [0.15, 0.2) is 38.6 Å². The second kappa shape index (κ2) is 6.59. The highest BCUT2D eigenvalue weighted by molar-refractivity contribution is 5.75. The van der Waals surface area contributed by atoms with Crippen LogP contribution in [0, 0.1) is 6.92 Å². The fourth-order valence-electron chi connectivity index (χ4n) is 3.49. The quantitative estimate of drug-likeness (QED) is 0.509. The summed E-state index contributed by atoms with van der Waals surface area (Å²) in [5.74, 6) is -0.689. The summed E-state index contributed by atoms with van der Waals surface area (Å²) in [5.41, 5.74) is -3.25. The normalized spacial score (nSPS) is 12.2. The van der Waals surface area contributed by atoms with Gasteiger partial charge in [-0.2, -0.15) is 18.2 Å². The van der Waals surface area contributed by atoms with Gasteiger partial charge in [0.1, 0.15) is 0 Å². The lowest BCUT2D eigenvalue weighted by molar-refractivity contribution is -0.137. The van der Waals surface area contributed by atoms with E-state index >= 15 is 0 Å². The SMILES string of the molecule is Cc1c(O)n(Cc2cccc(C(F)(F)F)c2)c2nc3c(c(=O)n(C)c(=O)n3C)n2c1=O. The van der Waals surface area contributed by atoms with Crippen molar-refractivity contribution >= 4 is 16.9 Å². The number of fused-ring (bicyclic) bond motifs is 3. The Kier molecular flexibility index (Phi) is 4.34. The van der Waals surface area contributed by atoms with Gasteiger partial charge >= 0.3 is 11.9 Å². The molecule has 0 aliphatic rings. The smallest absolute Gasteiger partial charge is 0.416 e. The van der Waals surface area contributed by atoms with Crippen LogP contribution >= 0.6 is 0 Å². The molecule has 0 spiro atoms. The van der Waals surface area contributed by atoms with E-state index < -0.39 is 34.4 Å². The van der Waals surface area contributed by atoms with Crippen LogP contribution in [0.3, 0.4) is 0 Å². The summed E-state index contributed by atoms with van der Waals surface area (Å²) < 4.78 is 43.2. The second-order valence-electron chi connectivity index (χ2n) is 7.16. The lowest BCUT2D eigenvalue weighted by Gasteiger charge is -2.14. The number of nitrogens with zero attached hydrogens (tertiary/aromatic N) is 5. The summed E-state index contributed by atoms with van der Waals surface area (Å²) >= 11 is 0. The van der Waals surface area contributed by atoms with Crippen LogP contribution < -0.4 is 16.8 Å². The first-order chi connectivity index (χ1) is 14.4. The monoisotopic (exact) mass is 435 g/mol. The van der Waals surface area contributed by atoms with Crippen molar-refractivity contribution in [3.05, 3.63) is 72.1 Å². The first-order valence-corrected chi connectivity index (χ1v) is 9.00. The predicted molar refractivity (Wildman–Crippen MR) is 104 cm³/mol. The number of halogens is 3. The van der Waals surface area contributed by atoms with Crippen molar-refractivity contribution in [2.24, 2.45) is 14.1 Å². The van der Waals surface area contributed by atoms with Gasteiger partial charge in [0.25, 0.3) is 11.1 Å². The molecule has 0 bridgehead atoms. The molecule has 1 aromatic carbocycles. The highest BCUT2D eigenvalue weighted by Crippen LogP contribution is 2.30. The molecule has 0 atom stereocenters. The van der Waals surface area contributed by atoms with Gasteiger partial charge in [0.2, 0.25) is 11.7 Å². The van der Waals surface area contributed by atoms with Gasteiger partial charge in [0, 0.05) is 14.1 Å². The zero-order valence-corrected chi connectivity index (χ0v) is 16.6. The highest BCUT2D eigenvalue weighted by atomic mass is 19.4. The number of hydrogen-bond acceptors (Lipinski definition) is 5. The summed E-state index contributed by atoms with van der Waals surface area (Å²) in [4.78, 5) is 42.0. The lowest BCUT2D eigenvalue weighted by atomic mass is 10.1. The Morgan fingerprint density at radius 2 is 1.74 bits per heavy atom. The fraction of sp³-hybridized carbons (Fsp3) is 0.263. The van der Waals surface area contributed by atoms with Crippen LogP contribution in [0.4, 0.5) is 13.2 Å². The van der Waals surface area contributed by atoms with Gasteiger partial charge in [-0.1, -0.05) is 12.1 Å². The van der Waals surface area contributed by atoms with E-state index in [0.29, 0.717) is 0 Å². The summed E-state index contributed by atoms with van der Waals surface area (Å²) in [5, 5.41) is 10.6. The molecule has 0 aliphatic heterocycles. The Hall–Kier alpha value is -3.83. The Balaban J connectivity index is 2.09. The van der Waals surface area contributed by atoms with Crippen LogP contribution in [0.25, 0.3) is 16.9 Å². The van der Waals surface area contributed by atoms with Gasteiger partial charge in [0.05, 0.1) is 17.7 Å². The van der Waals surface area contributed by atoms with Gasteiger partial charge < -0.3 is 5.11 Å². The molecule has 0 fully saturated rings. The molecule has 0 aliphatic carbocycles. The maximum Gasteiger partial charge on any atom is 0.416 e. The van der Waals surface area contributed by atoms with E-state index in [2.05, 4.69) is 4.98 Å². The zero-order chi connectivity index (χ0) is 22.8. The topological polar surface area (TPSA) is 104 Å². The Bertz CT molecular complexity index is 1560. The van der Waals surface area contributed by atoms with Crippen molar-refractivity contribution in [2.45, 2.75) is 19.6 Å². The van der Waals surface area contributed by atoms with Crippen molar-refractivity contribution in [1.29, 1.82) is 0 Å². The molecule has 0 amide bonds. The molecule has 0 saturated heterocycles. The average molecular weight is 435 g/mol. The minimum atomic E-state index is -4.56. The molecular weight excluding hydrogens is 419 g/mol. The summed E-state index contributed by atoms with van der Waals surface area (Å²) in [6.07, 6.45) is -4.56. The molecule has 0 radical (unpaired) electrons. The third-order valence-electron chi connectivity index (χ3n) is 5.19. The second-order valence-corrected chi connectivity index (χ2v) is 7.16. The number of alkyl halides is 3. The number of imidazole rings is 1. The Labute approximate surface area is 170 Å². The number of aromatic nitrogens is 5. The minimum absolute atomic E-state index is 0.0898. The maximum atomic E-state index is 13.1. The van der Waals surface area contributed by atoms with Crippen LogP contribution in [-0.4, -0.2) is 28.2 Å². The molecular formula is C19H16F3N5O4. The standard InChI is InChI=1S/C19H16F3N5O4/c1-9-14(28)26(8-10-5-4-6-11(7-10)19(20,21)22)17-23-13-12(27(17)15(9)29)16(30)25(3)18(31)24(13)2/h4-7,28H,8H2,1-3H3. The van der Waals surface area contributed by atoms with E-state index in [0.717, 1.165) is 30.2 Å².